The molecular weight excluding hydrogens is 267 g/mol. The lowest BCUT2D eigenvalue weighted by Crippen LogP contribution is -2.37. The molecule has 1 fully saturated rings. The van der Waals surface area contributed by atoms with Crippen LogP contribution in [0.3, 0.4) is 0 Å². The SMILES string of the molecule is Cl.NC1(c2ccc(Br)cn2)CCOC1. The van der Waals surface area contributed by atoms with Crippen LogP contribution in [0.2, 0.25) is 0 Å². The Kier molecular flexibility index (Phi) is 3.89. The Bertz CT molecular complexity index is 298. The van der Waals surface area contributed by atoms with Crippen LogP contribution in [-0.2, 0) is 10.3 Å². The van der Waals surface area contributed by atoms with E-state index in [1.54, 1.807) is 6.20 Å². The topological polar surface area (TPSA) is 48.1 Å². The predicted octanol–water partition coefficient (Wildman–Crippen LogP) is 1.84. The van der Waals surface area contributed by atoms with Gasteiger partial charge in [0.15, 0.2) is 0 Å². The third-order valence-electron chi connectivity index (χ3n) is 2.29. The van der Waals surface area contributed by atoms with E-state index in [0.717, 1.165) is 23.2 Å². The molecule has 1 atom stereocenters. The van der Waals surface area contributed by atoms with E-state index in [2.05, 4.69) is 20.9 Å². The van der Waals surface area contributed by atoms with Crippen LogP contribution in [0.5, 0.6) is 0 Å². The van der Waals surface area contributed by atoms with E-state index in [9.17, 15) is 0 Å². The van der Waals surface area contributed by atoms with Crippen molar-refractivity contribution in [2.24, 2.45) is 5.73 Å². The molecule has 0 spiro atoms. The maximum Gasteiger partial charge on any atom is 0.0842 e. The van der Waals surface area contributed by atoms with Crippen molar-refractivity contribution in [1.82, 2.24) is 4.98 Å². The summed E-state index contributed by atoms with van der Waals surface area (Å²) < 4.78 is 6.24. The number of hydrogen-bond donors (Lipinski definition) is 1. The molecule has 1 aliphatic rings. The van der Waals surface area contributed by atoms with Crippen LogP contribution < -0.4 is 5.73 Å². The second-order valence-corrected chi connectivity index (χ2v) is 4.24. The fourth-order valence-electron chi connectivity index (χ4n) is 1.45. The molecule has 14 heavy (non-hydrogen) atoms. The maximum atomic E-state index is 6.13. The quantitative estimate of drug-likeness (QED) is 0.853. The van der Waals surface area contributed by atoms with Crippen LogP contribution in [0.1, 0.15) is 12.1 Å². The zero-order valence-corrected chi connectivity index (χ0v) is 9.97. The summed E-state index contributed by atoms with van der Waals surface area (Å²) in [5.74, 6) is 0. The Morgan fingerprint density at radius 1 is 1.50 bits per heavy atom. The molecule has 0 amide bonds. The Labute approximate surface area is 97.6 Å². The minimum absolute atomic E-state index is 0. The molecule has 0 radical (unpaired) electrons. The third-order valence-corrected chi connectivity index (χ3v) is 2.76. The van der Waals surface area contributed by atoms with Gasteiger partial charge in [-0.25, -0.2) is 0 Å². The average Bonchev–Trinajstić information content (AvgIpc) is 2.54. The molecule has 0 aromatic carbocycles. The van der Waals surface area contributed by atoms with E-state index in [1.165, 1.54) is 0 Å². The van der Waals surface area contributed by atoms with Crippen molar-refractivity contribution < 1.29 is 4.74 Å². The Hall–Kier alpha value is -0.160. The second-order valence-electron chi connectivity index (χ2n) is 3.32. The van der Waals surface area contributed by atoms with Gasteiger partial charge in [0.25, 0.3) is 0 Å². The molecule has 0 aliphatic carbocycles. The van der Waals surface area contributed by atoms with E-state index in [0.29, 0.717) is 6.61 Å². The van der Waals surface area contributed by atoms with E-state index in [1.807, 2.05) is 12.1 Å². The van der Waals surface area contributed by atoms with Gasteiger partial charge in [0, 0.05) is 17.3 Å². The zero-order chi connectivity index (χ0) is 9.31. The normalized spacial score (nSPS) is 25.9. The van der Waals surface area contributed by atoms with Gasteiger partial charge in [0.1, 0.15) is 0 Å². The highest BCUT2D eigenvalue weighted by Gasteiger charge is 2.33. The Morgan fingerprint density at radius 3 is 2.79 bits per heavy atom. The van der Waals surface area contributed by atoms with Crippen LogP contribution in [-0.4, -0.2) is 18.2 Å². The van der Waals surface area contributed by atoms with Gasteiger partial charge in [-0.05, 0) is 34.5 Å². The van der Waals surface area contributed by atoms with Crippen LogP contribution in [0.25, 0.3) is 0 Å². The lowest BCUT2D eigenvalue weighted by atomic mass is 9.95. The lowest BCUT2D eigenvalue weighted by molar-refractivity contribution is 0.177. The molecule has 2 N–H and O–H groups in total. The number of aromatic nitrogens is 1. The fraction of sp³-hybridized carbons (Fsp3) is 0.444. The minimum Gasteiger partial charge on any atom is -0.379 e. The Balaban J connectivity index is 0.000000980. The molecule has 0 bridgehead atoms. The average molecular weight is 280 g/mol. The highest BCUT2D eigenvalue weighted by Crippen LogP contribution is 2.26. The van der Waals surface area contributed by atoms with Gasteiger partial charge < -0.3 is 10.5 Å². The predicted molar refractivity (Wildman–Crippen MR) is 60.5 cm³/mol. The maximum absolute atomic E-state index is 6.13. The highest BCUT2D eigenvalue weighted by atomic mass is 79.9. The van der Waals surface area contributed by atoms with Crippen LogP contribution >= 0.6 is 28.3 Å². The number of pyridine rings is 1. The summed E-state index contributed by atoms with van der Waals surface area (Å²) in [5, 5.41) is 0. The third kappa shape index (κ3) is 2.25. The molecule has 2 heterocycles. The van der Waals surface area contributed by atoms with Crippen LogP contribution in [0, 0.1) is 0 Å². The first-order valence-corrected chi connectivity index (χ1v) is 4.99. The van der Waals surface area contributed by atoms with Gasteiger partial charge in [-0.1, -0.05) is 0 Å². The molecule has 1 aliphatic heterocycles. The molecule has 3 nitrogen and oxygen atoms in total. The second kappa shape index (κ2) is 4.57. The summed E-state index contributed by atoms with van der Waals surface area (Å²) in [6.45, 7) is 1.30. The number of hydrogen-bond acceptors (Lipinski definition) is 3. The molecule has 1 saturated heterocycles. The van der Waals surface area contributed by atoms with Gasteiger partial charge in [0.05, 0.1) is 17.8 Å². The summed E-state index contributed by atoms with van der Waals surface area (Å²) in [6, 6.07) is 3.90. The van der Waals surface area contributed by atoms with E-state index in [-0.39, 0.29) is 17.9 Å². The smallest absolute Gasteiger partial charge is 0.0842 e. The molecule has 2 rings (SSSR count). The number of nitrogens with two attached hydrogens (primary N) is 1. The van der Waals surface area contributed by atoms with E-state index in [4.69, 9.17) is 10.5 Å². The van der Waals surface area contributed by atoms with Crippen LogP contribution in [0.15, 0.2) is 22.8 Å². The molecule has 1 unspecified atom stereocenters. The summed E-state index contributed by atoms with van der Waals surface area (Å²) in [6.07, 6.45) is 2.61. The van der Waals surface area contributed by atoms with Crippen LogP contribution in [0.4, 0.5) is 0 Å². The fourth-order valence-corrected chi connectivity index (χ4v) is 1.69. The molecular formula is C9H12BrClN2O. The number of rotatable bonds is 1. The Morgan fingerprint density at radius 2 is 2.29 bits per heavy atom. The number of halogens is 2. The van der Waals surface area contributed by atoms with Gasteiger partial charge in [-0.15, -0.1) is 12.4 Å². The van der Waals surface area contributed by atoms with Gasteiger partial charge >= 0.3 is 0 Å². The first-order chi connectivity index (χ1) is 6.21. The van der Waals surface area contributed by atoms with E-state index >= 15 is 0 Å². The lowest BCUT2D eigenvalue weighted by Gasteiger charge is -2.20. The summed E-state index contributed by atoms with van der Waals surface area (Å²) in [5.41, 5.74) is 6.66. The van der Waals surface area contributed by atoms with Gasteiger partial charge in [-0.3, -0.25) is 4.98 Å². The summed E-state index contributed by atoms with van der Waals surface area (Å²) in [7, 11) is 0. The minimum atomic E-state index is -0.374. The van der Waals surface area contributed by atoms with Crippen molar-refractivity contribution in [3.8, 4) is 0 Å². The number of ether oxygens (including phenoxy) is 1. The molecule has 0 saturated carbocycles. The van der Waals surface area contributed by atoms with Gasteiger partial charge in [-0.2, -0.15) is 0 Å². The van der Waals surface area contributed by atoms with Crippen molar-refractivity contribution in [1.29, 1.82) is 0 Å². The first-order valence-electron chi connectivity index (χ1n) is 4.19. The van der Waals surface area contributed by atoms with E-state index < -0.39 is 0 Å². The molecule has 1 aromatic heterocycles. The zero-order valence-electron chi connectivity index (χ0n) is 7.57. The standard InChI is InChI=1S/C9H11BrN2O.ClH/c10-7-1-2-8(12-5-7)9(11)3-4-13-6-9;/h1-2,5H,3-4,6,11H2;1H. The molecule has 5 heteroatoms. The van der Waals surface area contributed by atoms with Gasteiger partial charge in [0.2, 0.25) is 0 Å². The summed E-state index contributed by atoms with van der Waals surface area (Å²) >= 11 is 3.34. The van der Waals surface area contributed by atoms with Crippen molar-refractivity contribution in [3.05, 3.63) is 28.5 Å². The first kappa shape index (κ1) is 11.9. The number of nitrogens with zero attached hydrogens (tertiary/aromatic N) is 1. The molecule has 78 valence electrons. The highest BCUT2D eigenvalue weighted by molar-refractivity contribution is 9.10. The van der Waals surface area contributed by atoms with Crippen molar-refractivity contribution in [3.63, 3.8) is 0 Å². The van der Waals surface area contributed by atoms with Crippen molar-refractivity contribution >= 4 is 28.3 Å². The van der Waals surface area contributed by atoms with Crippen molar-refractivity contribution in [2.45, 2.75) is 12.0 Å². The molecule has 1 aromatic rings. The summed E-state index contributed by atoms with van der Waals surface area (Å²) in [4.78, 5) is 4.28. The largest absolute Gasteiger partial charge is 0.379 e. The van der Waals surface area contributed by atoms with Crippen molar-refractivity contribution in [2.75, 3.05) is 13.2 Å². The monoisotopic (exact) mass is 278 g/mol.